The summed E-state index contributed by atoms with van der Waals surface area (Å²) in [5.74, 6) is 0.649. The van der Waals surface area contributed by atoms with Gasteiger partial charge in [-0.15, -0.1) is 5.10 Å². The second kappa shape index (κ2) is 5.59. The van der Waals surface area contributed by atoms with Gasteiger partial charge in [0, 0.05) is 6.54 Å². The van der Waals surface area contributed by atoms with Crippen molar-refractivity contribution in [2.45, 2.75) is 20.4 Å². The lowest BCUT2D eigenvalue weighted by atomic mass is 10.2. The van der Waals surface area contributed by atoms with E-state index < -0.39 is 0 Å². The number of rotatable bonds is 5. The molecular weight excluding hydrogens is 212 g/mol. The third-order valence-corrected chi connectivity index (χ3v) is 2.48. The van der Waals surface area contributed by atoms with Crippen LogP contribution in [0.5, 0.6) is 0 Å². The van der Waals surface area contributed by atoms with Gasteiger partial charge in [-0.2, -0.15) is 0 Å². The van der Waals surface area contributed by atoms with E-state index in [-0.39, 0.29) is 0 Å². The largest absolute Gasteiger partial charge is 0.311 e. The summed E-state index contributed by atoms with van der Waals surface area (Å²) in [6.07, 6.45) is 1.81. The van der Waals surface area contributed by atoms with Crippen LogP contribution in [0, 0.1) is 5.92 Å². The Morgan fingerprint density at radius 1 is 1.24 bits per heavy atom. The lowest BCUT2D eigenvalue weighted by molar-refractivity contribution is 0.542. The van der Waals surface area contributed by atoms with Gasteiger partial charge in [0.05, 0.1) is 17.6 Å². The van der Waals surface area contributed by atoms with Crippen molar-refractivity contribution in [1.82, 2.24) is 20.3 Å². The van der Waals surface area contributed by atoms with Crippen LogP contribution in [-0.4, -0.2) is 21.5 Å². The monoisotopic (exact) mass is 230 g/mol. The van der Waals surface area contributed by atoms with Crippen molar-refractivity contribution >= 4 is 0 Å². The Morgan fingerprint density at radius 3 is 2.71 bits per heavy atom. The molecule has 4 heteroatoms. The molecule has 90 valence electrons. The van der Waals surface area contributed by atoms with Crippen molar-refractivity contribution in [3.8, 4) is 5.69 Å². The number of para-hydroxylation sites is 1. The van der Waals surface area contributed by atoms with Gasteiger partial charge in [0.25, 0.3) is 0 Å². The zero-order chi connectivity index (χ0) is 12.1. The van der Waals surface area contributed by atoms with Gasteiger partial charge in [-0.25, -0.2) is 4.68 Å². The molecule has 0 bridgehead atoms. The first-order valence-corrected chi connectivity index (χ1v) is 5.93. The predicted molar refractivity (Wildman–Crippen MR) is 67.9 cm³/mol. The summed E-state index contributed by atoms with van der Waals surface area (Å²) < 4.78 is 1.87. The first-order valence-electron chi connectivity index (χ1n) is 5.93. The highest BCUT2D eigenvalue weighted by Crippen LogP contribution is 2.08. The normalized spacial score (nSPS) is 11.0. The summed E-state index contributed by atoms with van der Waals surface area (Å²) >= 11 is 0. The van der Waals surface area contributed by atoms with Crippen LogP contribution in [0.3, 0.4) is 0 Å². The number of hydrogen-bond acceptors (Lipinski definition) is 3. The SMILES string of the molecule is CC(C)CNCc1cnnn1-c1ccccc1. The van der Waals surface area contributed by atoms with Crippen molar-refractivity contribution in [2.24, 2.45) is 5.92 Å². The molecule has 0 aliphatic rings. The maximum atomic E-state index is 4.11. The third kappa shape index (κ3) is 3.14. The van der Waals surface area contributed by atoms with Crippen molar-refractivity contribution in [1.29, 1.82) is 0 Å². The molecule has 2 aromatic rings. The zero-order valence-electron chi connectivity index (χ0n) is 10.3. The molecule has 0 saturated heterocycles. The Kier molecular flexibility index (Phi) is 3.88. The maximum absolute atomic E-state index is 4.11. The Hall–Kier alpha value is -1.68. The molecule has 0 spiro atoms. The average Bonchev–Trinajstić information content (AvgIpc) is 2.78. The van der Waals surface area contributed by atoms with Crippen LogP contribution in [0.1, 0.15) is 19.5 Å². The minimum Gasteiger partial charge on any atom is -0.311 e. The summed E-state index contributed by atoms with van der Waals surface area (Å²) in [7, 11) is 0. The molecule has 0 aliphatic heterocycles. The first-order chi connectivity index (χ1) is 8.27. The van der Waals surface area contributed by atoms with E-state index >= 15 is 0 Å². The maximum Gasteiger partial charge on any atom is 0.0783 e. The molecule has 17 heavy (non-hydrogen) atoms. The average molecular weight is 230 g/mol. The number of nitrogens with zero attached hydrogens (tertiary/aromatic N) is 3. The van der Waals surface area contributed by atoms with Crippen LogP contribution >= 0.6 is 0 Å². The molecule has 0 unspecified atom stereocenters. The van der Waals surface area contributed by atoms with Crippen molar-refractivity contribution in [3.05, 3.63) is 42.2 Å². The van der Waals surface area contributed by atoms with Crippen LogP contribution in [0.2, 0.25) is 0 Å². The van der Waals surface area contributed by atoms with Gasteiger partial charge in [0.2, 0.25) is 0 Å². The Bertz CT molecular complexity index is 447. The van der Waals surface area contributed by atoms with Crippen LogP contribution in [0.15, 0.2) is 36.5 Å². The van der Waals surface area contributed by atoms with Gasteiger partial charge in [0.1, 0.15) is 0 Å². The van der Waals surface area contributed by atoms with E-state index in [0.29, 0.717) is 5.92 Å². The molecule has 1 N–H and O–H groups in total. The van der Waals surface area contributed by atoms with E-state index in [2.05, 4.69) is 29.5 Å². The van der Waals surface area contributed by atoms with Crippen molar-refractivity contribution in [3.63, 3.8) is 0 Å². The summed E-state index contributed by atoms with van der Waals surface area (Å²) in [4.78, 5) is 0. The number of nitrogens with one attached hydrogen (secondary N) is 1. The second-order valence-electron chi connectivity index (χ2n) is 4.50. The van der Waals surface area contributed by atoms with Crippen LogP contribution in [0.4, 0.5) is 0 Å². The summed E-state index contributed by atoms with van der Waals surface area (Å²) in [5.41, 5.74) is 2.13. The highest BCUT2D eigenvalue weighted by atomic mass is 15.4. The quantitative estimate of drug-likeness (QED) is 0.854. The van der Waals surface area contributed by atoms with Crippen LogP contribution in [-0.2, 0) is 6.54 Å². The van der Waals surface area contributed by atoms with Crippen molar-refractivity contribution < 1.29 is 0 Å². The van der Waals surface area contributed by atoms with Gasteiger partial charge < -0.3 is 5.32 Å². The molecule has 0 atom stereocenters. The fourth-order valence-corrected chi connectivity index (χ4v) is 1.65. The Morgan fingerprint density at radius 2 is 2.00 bits per heavy atom. The predicted octanol–water partition coefficient (Wildman–Crippen LogP) is 2.01. The number of hydrogen-bond donors (Lipinski definition) is 1. The van der Waals surface area contributed by atoms with Gasteiger partial charge in [-0.1, -0.05) is 37.3 Å². The Balaban J connectivity index is 2.07. The van der Waals surface area contributed by atoms with E-state index in [0.717, 1.165) is 24.5 Å². The minimum atomic E-state index is 0.649. The summed E-state index contributed by atoms with van der Waals surface area (Å²) in [6, 6.07) is 10.1. The standard InChI is InChI=1S/C13H18N4/c1-11(2)8-14-9-13-10-15-16-17(13)12-6-4-3-5-7-12/h3-7,10-11,14H,8-9H2,1-2H3. The summed E-state index contributed by atoms with van der Waals surface area (Å²) in [5, 5.41) is 11.5. The molecule has 0 fully saturated rings. The molecule has 0 aliphatic carbocycles. The minimum absolute atomic E-state index is 0.649. The van der Waals surface area contributed by atoms with E-state index in [4.69, 9.17) is 0 Å². The van der Waals surface area contributed by atoms with E-state index in [1.54, 1.807) is 6.20 Å². The van der Waals surface area contributed by atoms with Gasteiger partial charge >= 0.3 is 0 Å². The second-order valence-corrected chi connectivity index (χ2v) is 4.50. The topological polar surface area (TPSA) is 42.7 Å². The highest BCUT2D eigenvalue weighted by molar-refractivity contribution is 5.31. The Labute approximate surface area is 102 Å². The summed E-state index contributed by atoms with van der Waals surface area (Å²) in [6.45, 7) is 6.18. The molecule has 1 aromatic heterocycles. The number of benzene rings is 1. The van der Waals surface area contributed by atoms with Gasteiger partial charge in [-0.3, -0.25) is 0 Å². The molecule has 1 heterocycles. The van der Waals surface area contributed by atoms with Crippen molar-refractivity contribution in [2.75, 3.05) is 6.54 Å². The smallest absolute Gasteiger partial charge is 0.0783 e. The first kappa shape index (κ1) is 11.8. The fourth-order valence-electron chi connectivity index (χ4n) is 1.65. The molecule has 2 rings (SSSR count). The fraction of sp³-hybridized carbons (Fsp3) is 0.385. The number of aromatic nitrogens is 3. The lowest BCUT2D eigenvalue weighted by Crippen LogP contribution is -2.20. The van der Waals surface area contributed by atoms with Crippen LogP contribution < -0.4 is 5.32 Å². The zero-order valence-corrected chi connectivity index (χ0v) is 10.3. The molecule has 4 nitrogen and oxygen atoms in total. The van der Waals surface area contributed by atoms with Gasteiger partial charge in [0.15, 0.2) is 0 Å². The molecule has 0 amide bonds. The molecule has 1 aromatic carbocycles. The highest BCUT2D eigenvalue weighted by Gasteiger charge is 2.05. The van der Waals surface area contributed by atoms with E-state index in [9.17, 15) is 0 Å². The molecule has 0 radical (unpaired) electrons. The van der Waals surface area contributed by atoms with E-state index in [1.807, 2.05) is 35.0 Å². The lowest BCUT2D eigenvalue weighted by Gasteiger charge is -2.08. The third-order valence-electron chi connectivity index (χ3n) is 2.48. The molecular formula is C13H18N4. The van der Waals surface area contributed by atoms with Crippen LogP contribution in [0.25, 0.3) is 5.69 Å². The molecule has 0 saturated carbocycles. The van der Waals surface area contributed by atoms with Gasteiger partial charge in [-0.05, 0) is 24.6 Å². The van der Waals surface area contributed by atoms with E-state index in [1.165, 1.54) is 0 Å².